The molecule has 0 bridgehead atoms. The van der Waals surface area contributed by atoms with Crippen molar-refractivity contribution in [3.05, 3.63) is 23.5 Å². The number of hydrogen-bond acceptors (Lipinski definition) is 2. The lowest BCUT2D eigenvalue weighted by Crippen LogP contribution is -2.15. The molecular formula is C12H16N2. The van der Waals surface area contributed by atoms with Crippen LogP contribution in [0, 0.1) is 11.8 Å². The van der Waals surface area contributed by atoms with Crippen LogP contribution in [0.5, 0.6) is 0 Å². The van der Waals surface area contributed by atoms with Gasteiger partial charge >= 0.3 is 0 Å². The van der Waals surface area contributed by atoms with Gasteiger partial charge in [-0.3, -0.25) is 4.98 Å². The SMILES string of the molecule is CC#Cc1cncc(C(C)(C)C)c1N. The zero-order chi connectivity index (χ0) is 10.8. The van der Waals surface area contributed by atoms with E-state index in [0.29, 0.717) is 0 Å². The Morgan fingerprint density at radius 1 is 1.29 bits per heavy atom. The highest BCUT2D eigenvalue weighted by molar-refractivity contribution is 5.60. The van der Waals surface area contributed by atoms with Crippen molar-refractivity contribution >= 4 is 5.69 Å². The molecule has 1 heterocycles. The monoisotopic (exact) mass is 188 g/mol. The maximum absolute atomic E-state index is 6.01. The molecule has 0 saturated heterocycles. The van der Waals surface area contributed by atoms with Gasteiger partial charge in [0.1, 0.15) is 0 Å². The largest absolute Gasteiger partial charge is 0.397 e. The van der Waals surface area contributed by atoms with Gasteiger partial charge in [0.15, 0.2) is 0 Å². The third kappa shape index (κ3) is 2.05. The summed E-state index contributed by atoms with van der Waals surface area (Å²) in [6, 6.07) is 0. The highest BCUT2D eigenvalue weighted by Crippen LogP contribution is 2.28. The van der Waals surface area contributed by atoms with Gasteiger partial charge < -0.3 is 5.73 Å². The zero-order valence-electron chi connectivity index (χ0n) is 9.18. The second-order valence-electron chi connectivity index (χ2n) is 4.27. The molecule has 2 N–H and O–H groups in total. The first-order valence-corrected chi connectivity index (χ1v) is 4.63. The molecular weight excluding hydrogens is 172 g/mol. The third-order valence-electron chi connectivity index (χ3n) is 2.06. The van der Waals surface area contributed by atoms with E-state index in [1.54, 1.807) is 13.1 Å². The highest BCUT2D eigenvalue weighted by atomic mass is 14.7. The lowest BCUT2D eigenvalue weighted by molar-refractivity contribution is 0.589. The van der Waals surface area contributed by atoms with Gasteiger partial charge in [-0.1, -0.05) is 26.7 Å². The van der Waals surface area contributed by atoms with Gasteiger partial charge in [0.2, 0.25) is 0 Å². The standard InChI is InChI=1S/C12H16N2/c1-5-6-9-7-14-8-10(11(9)13)12(2,3)4/h7-8H,1-4H3,(H2,13,14). The molecule has 1 aromatic rings. The molecule has 0 unspecified atom stereocenters. The molecule has 0 spiro atoms. The van der Waals surface area contributed by atoms with Gasteiger partial charge in [-0.25, -0.2) is 0 Å². The average molecular weight is 188 g/mol. The van der Waals surface area contributed by atoms with E-state index in [9.17, 15) is 0 Å². The molecule has 0 aromatic carbocycles. The van der Waals surface area contributed by atoms with Crippen LogP contribution < -0.4 is 5.73 Å². The molecule has 0 saturated carbocycles. The van der Waals surface area contributed by atoms with E-state index in [4.69, 9.17) is 5.73 Å². The summed E-state index contributed by atoms with van der Waals surface area (Å²) in [7, 11) is 0. The van der Waals surface area contributed by atoms with Gasteiger partial charge in [0.25, 0.3) is 0 Å². The van der Waals surface area contributed by atoms with Crippen molar-refractivity contribution in [1.29, 1.82) is 0 Å². The Balaban J connectivity index is 3.33. The maximum Gasteiger partial charge on any atom is 0.0661 e. The van der Waals surface area contributed by atoms with E-state index in [2.05, 4.69) is 37.6 Å². The Kier molecular flexibility index (Phi) is 2.81. The van der Waals surface area contributed by atoms with Crippen molar-refractivity contribution in [2.75, 3.05) is 5.73 Å². The number of hydrogen-bond donors (Lipinski definition) is 1. The molecule has 2 heteroatoms. The molecule has 0 fully saturated rings. The molecule has 0 amide bonds. The minimum Gasteiger partial charge on any atom is -0.397 e. The van der Waals surface area contributed by atoms with Crippen molar-refractivity contribution in [2.45, 2.75) is 33.1 Å². The predicted octanol–water partition coefficient (Wildman–Crippen LogP) is 2.33. The average Bonchev–Trinajstić information content (AvgIpc) is 2.07. The quantitative estimate of drug-likeness (QED) is 0.635. The summed E-state index contributed by atoms with van der Waals surface area (Å²) >= 11 is 0. The van der Waals surface area contributed by atoms with Crippen molar-refractivity contribution in [3.63, 3.8) is 0 Å². The zero-order valence-corrected chi connectivity index (χ0v) is 9.18. The summed E-state index contributed by atoms with van der Waals surface area (Å²) in [5.41, 5.74) is 8.65. The second kappa shape index (κ2) is 3.71. The Labute approximate surface area is 85.5 Å². The lowest BCUT2D eigenvalue weighted by atomic mass is 9.86. The Morgan fingerprint density at radius 3 is 2.43 bits per heavy atom. The Hall–Kier alpha value is -1.49. The molecule has 0 radical (unpaired) electrons. The Morgan fingerprint density at radius 2 is 1.93 bits per heavy atom. The first kappa shape index (κ1) is 10.6. The van der Waals surface area contributed by atoms with Crippen LogP contribution in [-0.2, 0) is 5.41 Å². The molecule has 1 aromatic heterocycles. The number of nitrogens with zero attached hydrogens (tertiary/aromatic N) is 1. The number of nitrogens with two attached hydrogens (primary N) is 1. The van der Waals surface area contributed by atoms with Crippen LogP contribution in [0.2, 0.25) is 0 Å². The highest BCUT2D eigenvalue weighted by Gasteiger charge is 2.18. The molecule has 2 nitrogen and oxygen atoms in total. The van der Waals surface area contributed by atoms with Crippen LogP contribution in [-0.4, -0.2) is 4.98 Å². The van der Waals surface area contributed by atoms with E-state index >= 15 is 0 Å². The number of aromatic nitrogens is 1. The molecule has 0 aliphatic rings. The fraction of sp³-hybridized carbons (Fsp3) is 0.417. The van der Waals surface area contributed by atoms with Crippen LogP contribution in [0.1, 0.15) is 38.8 Å². The molecule has 0 aliphatic carbocycles. The number of rotatable bonds is 0. The minimum absolute atomic E-state index is 0.0164. The molecule has 14 heavy (non-hydrogen) atoms. The van der Waals surface area contributed by atoms with Gasteiger partial charge in [-0.05, 0) is 17.9 Å². The van der Waals surface area contributed by atoms with E-state index in [1.165, 1.54) is 0 Å². The lowest BCUT2D eigenvalue weighted by Gasteiger charge is -2.21. The Bertz CT molecular complexity index is 389. The summed E-state index contributed by atoms with van der Waals surface area (Å²) < 4.78 is 0. The number of anilines is 1. The minimum atomic E-state index is 0.0164. The van der Waals surface area contributed by atoms with Crippen molar-refractivity contribution in [1.82, 2.24) is 4.98 Å². The molecule has 74 valence electrons. The fourth-order valence-corrected chi connectivity index (χ4v) is 1.30. The number of pyridine rings is 1. The van der Waals surface area contributed by atoms with E-state index in [0.717, 1.165) is 16.8 Å². The van der Waals surface area contributed by atoms with E-state index in [1.807, 2.05) is 6.20 Å². The van der Waals surface area contributed by atoms with Gasteiger partial charge in [0, 0.05) is 12.4 Å². The topological polar surface area (TPSA) is 38.9 Å². The van der Waals surface area contributed by atoms with Crippen molar-refractivity contribution < 1.29 is 0 Å². The van der Waals surface area contributed by atoms with Crippen molar-refractivity contribution in [2.24, 2.45) is 0 Å². The van der Waals surface area contributed by atoms with E-state index < -0.39 is 0 Å². The number of nitrogen functional groups attached to an aromatic ring is 1. The maximum atomic E-state index is 6.01. The van der Waals surface area contributed by atoms with Gasteiger partial charge in [-0.2, -0.15) is 0 Å². The van der Waals surface area contributed by atoms with Crippen LogP contribution in [0.4, 0.5) is 5.69 Å². The summed E-state index contributed by atoms with van der Waals surface area (Å²) in [5, 5.41) is 0. The van der Waals surface area contributed by atoms with Crippen LogP contribution >= 0.6 is 0 Å². The molecule has 0 aliphatic heterocycles. The molecule has 0 atom stereocenters. The first-order chi connectivity index (χ1) is 6.46. The van der Waals surface area contributed by atoms with Gasteiger partial charge in [0.05, 0.1) is 11.3 Å². The van der Waals surface area contributed by atoms with Gasteiger partial charge in [-0.15, -0.1) is 5.92 Å². The predicted molar refractivity (Wildman–Crippen MR) is 59.9 cm³/mol. The first-order valence-electron chi connectivity index (χ1n) is 4.63. The summed E-state index contributed by atoms with van der Waals surface area (Å²) in [6.45, 7) is 8.14. The van der Waals surface area contributed by atoms with Crippen molar-refractivity contribution in [3.8, 4) is 11.8 Å². The fourth-order valence-electron chi connectivity index (χ4n) is 1.30. The second-order valence-corrected chi connectivity index (χ2v) is 4.27. The van der Waals surface area contributed by atoms with Crippen LogP contribution in [0.25, 0.3) is 0 Å². The third-order valence-corrected chi connectivity index (χ3v) is 2.06. The normalized spacial score (nSPS) is 10.6. The van der Waals surface area contributed by atoms with Crippen LogP contribution in [0.3, 0.4) is 0 Å². The van der Waals surface area contributed by atoms with E-state index in [-0.39, 0.29) is 5.41 Å². The molecule has 1 rings (SSSR count). The summed E-state index contributed by atoms with van der Waals surface area (Å²) in [4.78, 5) is 4.15. The smallest absolute Gasteiger partial charge is 0.0661 e. The van der Waals surface area contributed by atoms with Crippen LogP contribution in [0.15, 0.2) is 12.4 Å². The summed E-state index contributed by atoms with van der Waals surface area (Å²) in [5.74, 6) is 5.78. The summed E-state index contributed by atoms with van der Waals surface area (Å²) in [6.07, 6.45) is 3.53.